The Hall–Kier alpha value is -3.08. The average Bonchev–Trinajstić information content (AvgIpc) is 2.91. The number of carbonyl (C=O) groups excluding carboxylic acids is 1. The second-order valence-electron chi connectivity index (χ2n) is 10.0. The van der Waals surface area contributed by atoms with Gasteiger partial charge in [0.2, 0.25) is 5.67 Å². The molecule has 198 valence electrons. The van der Waals surface area contributed by atoms with E-state index in [0.29, 0.717) is 18.0 Å². The molecule has 3 aromatic rings. The van der Waals surface area contributed by atoms with Crippen molar-refractivity contribution in [2.24, 2.45) is 0 Å². The number of halogens is 1. The van der Waals surface area contributed by atoms with Crippen LogP contribution in [0.2, 0.25) is 0 Å². The monoisotopic (exact) mass is 504 g/mol. The predicted molar refractivity (Wildman–Crippen MR) is 149 cm³/mol. The fourth-order valence-electron chi connectivity index (χ4n) is 4.39. The van der Waals surface area contributed by atoms with E-state index < -0.39 is 11.6 Å². The van der Waals surface area contributed by atoms with Crippen LogP contribution in [0.3, 0.4) is 0 Å². The third-order valence-corrected chi connectivity index (χ3v) is 6.74. The number of esters is 1. The summed E-state index contributed by atoms with van der Waals surface area (Å²) in [6.45, 7) is 5.69. The standard InChI is InChI=1S/C32H41FN2O2/c1-4-6-8-9-10-14-22-32(3,33)31(36)37-27-20-18-26(19-21-27)28-16-12-13-17-29(28)30-34-23-25(24-35-30)15-11-7-5-2/h12-13,16-21,23-24H,4-11,14-15,22H2,1-3H3. The Morgan fingerprint density at radius 3 is 2.08 bits per heavy atom. The van der Waals surface area contributed by atoms with Crippen molar-refractivity contribution >= 4 is 5.97 Å². The molecule has 5 heteroatoms. The maximum atomic E-state index is 15.0. The zero-order valence-electron chi connectivity index (χ0n) is 22.6. The van der Waals surface area contributed by atoms with Crippen LogP contribution in [-0.4, -0.2) is 21.6 Å². The molecule has 0 amide bonds. The van der Waals surface area contributed by atoms with Gasteiger partial charge in [-0.2, -0.15) is 0 Å². The second-order valence-corrected chi connectivity index (χ2v) is 10.0. The molecule has 0 N–H and O–H groups in total. The number of carbonyl (C=O) groups is 1. The van der Waals surface area contributed by atoms with E-state index >= 15 is 0 Å². The van der Waals surface area contributed by atoms with E-state index in [9.17, 15) is 9.18 Å². The largest absolute Gasteiger partial charge is 0.424 e. The van der Waals surface area contributed by atoms with Crippen LogP contribution in [0, 0.1) is 0 Å². The Kier molecular flexibility index (Phi) is 11.2. The summed E-state index contributed by atoms with van der Waals surface area (Å²) < 4.78 is 20.4. The van der Waals surface area contributed by atoms with Crippen molar-refractivity contribution in [1.29, 1.82) is 0 Å². The topological polar surface area (TPSA) is 52.1 Å². The van der Waals surface area contributed by atoms with E-state index in [-0.39, 0.29) is 6.42 Å². The number of hydrogen-bond acceptors (Lipinski definition) is 4. The minimum atomic E-state index is -1.99. The fourth-order valence-corrected chi connectivity index (χ4v) is 4.39. The number of nitrogens with zero attached hydrogens (tertiary/aromatic N) is 2. The molecule has 0 aliphatic rings. The highest BCUT2D eigenvalue weighted by atomic mass is 19.1. The molecule has 1 aromatic heterocycles. The van der Waals surface area contributed by atoms with Gasteiger partial charge in [-0.1, -0.05) is 95.2 Å². The summed E-state index contributed by atoms with van der Waals surface area (Å²) in [5.74, 6) is 0.181. The third-order valence-electron chi connectivity index (χ3n) is 6.74. The van der Waals surface area contributed by atoms with E-state index in [2.05, 4.69) is 23.8 Å². The van der Waals surface area contributed by atoms with Gasteiger partial charge in [0.1, 0.15) is 5.75 Å². The number of aryl methyl sites for hydroxylation is 1. The van der Waals surface area contributed by atoms with Gasteiger partial charge in [0, 0.05) is 18.0 Å². The van der Waals surface area contributed by atoms with Gasteiger partial charge in [-0.05, 0) is 61.4 Å². The molecule has 2 aromatic carbocycles. The number of hydrogen-bond donors (Lipinski definition) is 0. The van der Waals surface area contributed by atoms with Crippen LogP contribution in [0.4, 0.5) is 4.39 Å². The average molecular weight is 505 g/mol. The van der Waals surface area contributed by atoms with Crippen LogP contribution < -0.4 is 4.74 Å². The van der Waals surface area contributed by atoms with Crippen LogP contribution >= 0.6 is 0 Å². The Bertz CT molecular complexity index is 1090. The van der Waals surface area contributed by atoms with E-state index in [1.54, 1.807) is 12.1 Å². The molecule has 0 aliphatic heterocycles. The predicted octanol–water partition coefficient (Wildman–Crippen LogP) is 8.93. The van der Waals surface area contributed by atoms with Gasteiger partial charge in [0.05, 0.1) is 0 Å². The molecule has 1 heterocycles. The van der Waals surface area contributed by atoms with Crippen molar-refractivity contribution in [3.8, 4) is 28.3 Å². The molecule has 4 nitrogen and oxygen atoms in total. The van der Waals surface area contributed by atoms with Gasteiger partial charge < -0.3 is 4.74 Å². The number of aromatic nitrogens is 2. The molecule has 1 atom stereocenters. The van der Waals surface area contributed by atoms with Gasteiger partial charge in [0.25, 0.3) is 0 Å². The summed E-state index contributed by atoms with van der Waals surface area (Å²) >= 11 is 0. The number of rotatable bonds is 15. The van der Waals surface area contributed by atoms with Crippen molar-refractivity contribution < 1.29 is 13.9 Å². The zero-order chi connectivity index (χ0) is 26.5. The molecule has 3 rings (SSSR count). The molecule has 0 bridgehead atoms. The highest BCUT2D eigenvalue weighted by Gasteiger charge is 2.34. The molecular weight excluding hydrogens is 463 g/mol. The SMILES string of the molecule is CCCCCCCCC(C)(F)C(=O)Oc1ccc(-c2ccccc2-c2ncc(CCCCC)cn2)cc1. The first-order chi connectivity index (χ1) is 17.9. The van der Waals surface area contributed by atoms with E-state index in [4.69, 9.17) is 4.74 Å². The lowest BCUT2D eigenvalue weighted by Crippen LogP contribution is -2.34. The number of benzene rings is 2. The quantitative estimate of drug-likeness (QED) is 0.118. The second kappa shape index (κ2) is 14.6. The van der Waals surface area contributed by atoms with Crippen molar-refractivity contribution in [3.63, 3.8) is 0 Å². The Morgan fingerprint density at radius 1 is 0.811 bits per heavy atom. The van der Waals surface area contributed by atoms with Gasteiger partial charge in [0.15, 0.2) is 5.82 Å². The Labute approximate surface area is 221 Å². The van der Waals surface area contributed by atoms with Gasteiger partial charge >= 0.3 is 5.97 Å². The smallest absolute Gasteiger partial charge is 0.348 e. The lowest BCUT2D eigenvalue weighted by atomic mass is 9.98. The summed E-state index contributed by atoms with van der Waals surface area (Å²) in [5.41, 5.74) is 2.02. The van der Waals surface area contributed by atoms with Crippen LogP contribution in [0.25, 0.3) is 22.5 Å². The van der Waals surface area contributed by atoms with E-state index in [0.717, 1.165) is 54.4 Å². The first kappa shape index (κ1) is 28.5. The minimum absolute atomic E-state index is 0.181. The van der Waals surface area contributed by atoms with Crippen molar-refractivity contribution in [1.82, 2.24) is 9.97 Å². The molecule has 37 heavy (non-hydrogen) atoms. The molecule has 0 radical (unpaired) electrons. The Morgan fingerprint density at radius 2 is 1.41 bits per heavy atom. The van der Waals surface area contributed by atoms with Gasteiger partial charge in [-0.3, -0.25) is 0 Å². The molecule has 1 unspecified atom stereocenters. The minimum Gasteiger partial charge on any atom is -0.424 e. The normalized spacial score (nSPS) is 12.8. The lowest BCUT2D eigenvalue weighted by Gasteiger charge is -2.18. The maximum absolute atomic E-state index is 15.0. The summed E-state index contributed by atoms with van der Waals surface area (Å²) in [6, 6.07) is 15.2. The van der Waals surface area contributed by atoms with Crippen LogP contribution in [0.15, 0.2) is 60.9 Å². The van der Waals surface area contributed by atoms with Gasteiger partial charge in [-0.25, -0.2) is 19.2 Å². The lowest BCUT2D eigenvalue weighted by molar-refractivity contribution is -0.147. The third kappa shape index (κ3) is 8.77. The van der Waals surface area contributed by atoms with Crippen molar-refractivity contribution in [3.05, 3.63) is 66.5 Å². The molecule has 0 fully saturated rings. The fraction of sp³-hybridized carbons (Fsp3) is 0.469. The summed E-state index contributed by atoms with van der Waals surface area (Å²) in [7, 11) is 0. The Balaban J connectivity index is 1.63. The molecule has 0 saturated heterocycles. The molecule has 0 aliphatic carbocycles. The van der Waals surface area contributed by atoms with Crippen molar-refractivity contribution in [2.75, 3.05) is 0 Å². The van der Waals surface area contributed by atoms with Crippen molar-refractivity contribution in [2.45, 2.75) is 97.1 Å². The van der Waals surface area contributed by atoms with Crippen LogP contribution in [0.5, 0.6) is 5.75 Å². The number of unbranched alkanes of at least 4 members (excludes halogenated alkanes) is 7. The van der Waals surface area contributed by atoms with Crippen LogP contribution in [0.1, 0.15) is 90.5 Å². The highest BCUT2D eigenvalue weighted by molar-refractivity contribution is 5.82. The molecular formula is C32H41FN2O2. The highest BCUT2D eigenvalue weighted by Crippen LogP contribution is 2.32. The number of ether oxygens (including phenoxy) is 1. The molecule has 0 saturated carbocycles. The molecule has 0 spiro atoms. The van der Waals surface area contributed by atoms with Crippen LogP contribution in [-0.2, 0) is 11.2 Å². The maximum Gasteiger partial charge on any atom is 0.348 e. The summed E-state index contributed by atoms with van der Waals surface area (Å²) in [5, 5.41) is 0. The van der Waals surface area contributed by atoms with E-state index in [1.165, 1.54) is 32.6 Å². The first-order valence-electron chi connectivity index (χ1n) is 13.9. The first-order valence-corrected chi connectivity index (χ1v) is 13.9. The van der Waals surface area contributed by atoms with Gasteiger partial charge in [-0.15, -0.1) is 0 Å². The number of alkyl halides is 1. The summed E-state index contributed by atoms with van der Waals surface area (Å²) in [4.78, 5) is 21.7. The zero-order valence-corrected chi connectivity index (χ0v) is 22.6. The van der Waals surface area contributed by atoms with E-state index in [1.807, 2.05) is 48.8 Å². The summed E-state index contributed by atoms with van der Waals surface area (Å²) in [6.07, 6.45) is 14.8.